The summed E-state index contributed by atoms with van der Waals surface area (Å²) >= 11 is 0. The van der Waals surface area contributed by atoms with E-state index >= 15 is 0 Å². The van der Waals surface area contributed by atoms with E-state index in [4.69, 9.17) is 0 Å². The molecule has 0 aliphatic carbocycles. The van der Waals surface area contributed by atoms with Gasteiger partial charge < -0.3 is 52.3 Å². The topological polar surface area (TPSA) is 239 Å². The molecule has 6 bridgehead atoms. The van der Waals surface area contributed by atoms with Gasteiger partial charge in [-0.1, -0.05) is 88.3 Å². The lowest BCUT2D eigenvalue weighted by molar-refractivity contribution is -0.141. The molecular formula is C48H62N10O8S2. The van der Waals surface area contributed by atoms with Crippen LogP contribution in [0.15, 0.2) is 84.9 Å². The van der Waals surface area contributed by atoms with Crippen molar-refractivity contribution >= 4 is 68.8 Å². The summed E-state index contributed by atoms with van der Waals surface area (Å²) in [4.78, 5) is 115. The van der Waals surface area contributed by atoms with Gasteiger partial charge in [0.05, 0.1) is 24.2 Å². The first kappa shape index (κ1) is 51.4. The van der Waals surface area contributed by atoms with Crippen LogP contribution in [0.4, 0.5) is 0 Å². The number of rotatable bonds is 12. The predicted octanol–water partition coefficient (Wildman–Crippen LogP) is 1.42. The van der Waals surface area contributed by atoms with Gasteiger partial charge in [-0.25, -0.2) is 0 Å². The van der Waals surface area contributed by atoms with E-state index in [0.29, 0.717) is 0 Å². The minimum Gasteiger partial charge on any atom is -0.348 e. The van der Waals surface area contributed by atoms with E-state index in [1.54, 1.807) is 46.1 Å². The highest BCUT2D eigenvalue weighted by Gasteiger charge is 2.45. The number of carbonyl (C=O) groups excluding carboxylic acids is 8. The summed E-state index contributed by atoms with van der Waals surface area (Å²) in [6.45, 7) is 6.82. The van der Waals surface area contributed by atoms with Gasteiger partial charge >= 0.3 is 0 Å². The van der Waals surface area contributed by atoms with Gasteiger partial charge in [0.25, 0.3) is 11.8 Å². The Morgan fingerprint density at radius 3 is 1.32 bits per heavy atom. The fourth-order valence-corrected chi connectivity index (χ4v) is 10.6. The molecule has 8 amide bonds. The van der Waals surface area contributed by atoms with Crippen LogP contribution in [-0.4, -0.2) is 144 Å². The number of fused-ring (bicyclic) bond motifs is 6. The van der Waals surface area contributed by atoms with Crippen molar-refractivity contribution in [3.63, 3.8) is 0 Å². The van der Waals surface area contributed by atoms with Crippen LogP contribution >= 0.6 is 21.6 Å². The van der Waals surface area contributed by atoms with E-state index < -0.39 is 108 Å². The second-order valence-electron chi connectivity index (χ2n) is 17.4. The Hall–Kier alpha value is -5.96. The Morgan fingerprint density at radius 1 is 0.574 bits per heavy atom. The van der Waals surface area contributed by atoms with Crippen LogP contribution in [0.1, 0.15) is 84.5 Å². The molecule has 0 aromatic heterocycles. The molecule has 20 heteroatoms. The number of nitrogens with one attached hydrogen (secondary N) is 8. The first-order valence-corrected chi connectivity index (χ1v) is 25.3. The number of likely N-dealkylation sites (N-methyl/N-ethyl adjacent to an activating group) is 2. The molecule has 10 atom stereocenters. The molecule has 2 saturated heterocycles. The lowest BCUT2D eigenvalue weighted by Gasteiger charge is -2.30. The second kappa shape index (κ2) is 23.9. The smallest absolute Gasteiger partial charge is 0.251 e. The zero-order valence-corrected chi connectivity index (χ0v) is 40.7. The SMILES string of the molecule is CN[C@@H](C)C(=O)N[C@H]1CSSC[C@H](NC(=O)[C@H](C)NC)C(=O)N2C[C@H](C[C@H]2C(=O)N[C@H](C)c2ccccc2)NC(=O)c2cccc(c2)C(=O)N[C@H]2C[C@@H](C(=O)N[C@H](C)c3ccccc3)N(C2)C1=O. The molecule has 0 saturated carbocycles. The van der Waals surface area contributed by atoms with E-state index in [-0.39, 0.29) is 48.6 Å². The van der Waals surface area contributed by atoms with Crippen LogP contribution in [0, 0.1) is 0 Å². The van der Waals surface area contributed by atoms with Crippen molar-refractivity contribution < 1.29 is 38.4 Å². The van der Waals surface area contributed by atoms with Crippen molar-refractivity contribution in [1.29, 1.82) is 0 Å². The third-order valence-electron chi connectivity index (χ3n) is 12.6. The first-order chi connectivity index (χ1) is 32.6. The molecule has 3 heterocycles. The molecule has 0 radical (unpaired) electrons. The number of nitrogens with zero attached hydrogens (tertiary/aromatic N) is 2. The minimum atomic E-state index is -1.16. The normalized spacial score (nSPS) is 24.3. The Kier molecular flexibility index (Phi) is 18.0. The monoisotopic (exact) mass is 970 g/mol. The third kappa shape index (κ3) is 13.0. The van der Waals surface area contributed by atoms with Crippen molar-refractivity contribution in [1.82, 2.24) is 52.3 Å². The Labute approximate surface area is 404 Å². The lowest BCUT2D eigenvalue weighted by Crippen LogP contribution is -2.57. The number of hydrogen-bond acceptors (Lipinski definition) is 12. The average Bonchev–Trinajstić information content (AvgIpc) is 3.98. The average molecular weight is 971 g/mol. The molecule has 364 valence electrons. The first-order valence-electron chi connectivity index (χ1n) is 22.8. The van der Waals surface area contributed by atoms with Crippen molar-refractivity contribution in [2.24, 2.45) is 0 Å². The summed E-state index contributed by atoms with van der Waals surface area (Å²) in [5, 5.41) is 23.4. The third-order valence-corrected chi connectivity index (χ3v) is 15.0. The molecular weight excluding hydrogens is 909 g/mol. The van der Waals surface area contributed by atoms with Gasteiger partial charge in [-0.2, -0.15) is 0 Å². The van der Waals surface area contributed by atoms with Gasteiger partial charge in [0.2, 0.25) is 35.4 Å². The molecule has 0 unspecified atom stereocenters. The van der Waals surface area contributed by atoms with Gasteiger partial charge in [0.1, 0.15) is 24.2 Å². The Morgan fingerprint density at radius 2 is 0.956 bits per heavy atom. The quantitative estimate of drug-likeness (QED) is 0.120. The molecule has 3 aliphatic rings. The molecule has 3 aliphatic heterocycles. The van der Waals surface area contributed by atoms with Crippen LogP contribution in [0.5, 0.6) is 0 Å². The van der Waals surface area contributed by atoms with Crippen LogP contribution in [-0.2, 0) is 28.8 Å². The maximum atomic E-state index is 14.8. The van der Waals surface area contributed by atoms with Crippen molar-refractivity contribution in [2.45, 2.75) is 101 Å². The second-order valence-corrected chi connectivity index (χ2v) is 20.0. The summed E-state index contributed by atoms with van der Waals surface area (Å²) in [6.07, 6.45) is 0.123. The summed E-state index contributed by atoms with van der Waals surface area (Å²) < 4.78 is 0. The van der Waals surface area contributed by atoms with E-state index in [2.05, 4.69) is 42.5 Å². The highest BCUT2D eigenvalue weighted by atomic mass is 33.1. The van der Waals surface area contributed by atoms with Gasteiger partial charge in [0, 0.05) is 47.8 Å². The molecule has 3 aromatic rings. The fourth-order valence-electron chi connectivity index (χ4n) is 8.31. The number of benzene rings is 3. The summed E-state index contributed by atoms with van der Waals surface area (Å²) in [5.41, 5.74) is 1.99. The maximum Gasteiger partial charge on any atom is 0.251 e. The number of amides is 8. The molecule has 0 spiro atoms. The largest absolute Gasteiger partial charge is 0.348 e. The standard InChI is InChI=1S/C48H62N10O8S2/c1-27(31-14-9-7-10-15-31)51-45(63)39-21-35-23-57(39)47(65)37(55-41(59)29(3)49-5)25-67-68-26-38(56-42(60)30(4)50-6)48(66)58-24-36(54-44(62)34-19-13-18-33(20-34)43(61)53-35)22-40(58)46(64)52-28(2)32-16-11-8-12-17-32/h7-20,27-30,35-40,49-50H,21-26H2,1-6H3,(H,51,63)(H,52,64)(H,53,61)(H,54,62)(H,55,59)(H,56,60)/t27-,28-,29+,30+,35+,36+,37+,38+,39+,40+/m1/s1. The lowest BCUT2D eigenvalue weighted by atomic mass is 10.1. The highest BCUT2D eigenvalue weighted by Crippen LogP contribution is 2.29. The van der Waals surface area contributed by atoms with Crippen LogP contribution in [0.25, 0.3) is 0 Å². The predicted molar refractivity (Wildman–Crippen MR) is 261 cm³/mol. The van der Waals surface area contributed by atoms with Crippen molar-refractivity contribution in [3.05, 3.63) is 107 Å². The zero-order chi connectivity index (χ0) is 49.1. The van der Waals surface area contributed by atoms with E-state index in [1.165, 1.54) is 37.5 Å². The fraction of sp³-hybridized carbons (Fsp3) is 0.458. The van der Waals surface area contributed by atoms with Gasteiger partial charge in [0.15, 0.2) is 0 Å². The van der Waals surface area contributed by atoms with Crippen LogP contribution in [0.2, 0.25) is 0 Å². The molecule has 68 heavy (non-hydrogen) atoms. The van der Waals surface area contributed by atoms with Gasteiger partial charge in [-0.3, -0.25) is 38.4 Å². The van der Waals surface area contributed by atoms with Gasteiger partial charge in [-0.05, 0) is 84.0 Å². The Balaban J connectivity index is 1.34. The maximum absolute atomic E-state index is 14.8. The van der Waals surface area contributed by atoms with E-state index in [9.17, 15) is 38.4 Å². The number of carbonyl (C=O) groups is 8. The highest BCUT2D eigenvalue weighted by molar-refractivity contribution is 8.76. The van der Waals surface area contributed by atoms with E-state index in [1.807, 2.05) is 74.5 Å². The van der Waals surface area contributed by atoms with Gasteiger partial charge in [-0.15, -0.1) is 0 Å². The van der Waals surface area contributed by atoms with Crippen LogP contribution in [0.3, 0.4) is 0 Å². The van der Waals surface area contributed by atoms with Crippen molar-refractivity contribution in [2.75, 3.05) is 38.7 Å². The molecule has 3 aromatic carbocycles. The summed E-state index contributed by atoms with van der Waals surface area (Å²) in [6, 6.07) is 16.7. The minimum absolute atomic E-state index is 0.0112. The van der Waals surface area contributed by atoms with Crippen molar-refractivity contribution in [3.8, 4) is 0 Å². The molecule has 6 rings (SSSR count). The Bertz CT molecular complexity index is 2160. The summed E-state index contributed by atoms with van der Waals surface area (Å²) in [7, 11) is 5.58. The van der Waals surface area contributed by atoms with E-state index in [0.717, 1.165) is 11.1 Å². The zero-order valence-electron chi connectivity index (χ0n) is 39.1. The summed E-state index contributed by atoms with van der Waals surface area (Å²) in [5.74, 6) is -4.06. The molecule has 8 N–H and O–H groups in total. The van der Waals surface area contributed by atoms with Crippen LogP contribution < -0.4 is 42.5 Å². The number of hydrogen-bond donors (Lipinski definition) is 8. The molecule has 2 fully saturated rings. The molecule has 18 nitrogen and oxygen atoms in total.